The molecule has 0 saturated heterocycles. The number of para-hydroxylation sites is 1. The highest BCUT2D eigenvalue weighted by Gasteiger charge is 2.04. The van der Waals surface area contributed by atoms with Gasteiger partial charge < -0.3 is 0 Å². The molecule has 0 spiro atoms. The fourth-order valence-corrected chi connectivity index (χ4v) is 1.22. The van der Waals surface area contributed by atoms with Crippen molar-refractivity contribution in [2.75, 3.05) is 0 Å². The predicted octanol–water partition coefficient (Wildman–Crippen LogP) is 3.41. The average Bonchev–Trinajstić information content (AvgIpc) is 2.24. The Hall–Kier alpha value is -1.51. The molecule has 2 rings (SSSR count). The SMILES string of the molecule is CC.Cc1nc2cccc(F)c2nc1C. The van der Waals surface area contributed by atoms with Gasteiger partial charge in [0, 0.05) is 0 Å². The third-order valence-electron chi connectivity index (χ3n) is 2.06. The van der Waals surface area contributed by atoms with Gasteiger partial charge in [-0.15, -0.1) is 0 Å². The molecule has 1 heterocycles. The van der Waals surface area contributed by atoms with Crippen molar-refractivity contribution in [3.8, 4) is 0 Å². The van der Waals surface area contributed by atoms with E-state index in [1.54, 1.807) is 12.1 Å². The molecule has 2 nitrogen and oxygen atoms in total. The predicted molar refractivity (Wildman–Crippen MR) is 60.3 cm³/mol. The number of rotatable bonds is 0. The van der Waals surface area contributed by atoms with Gasteiger partial charge in [0.05, 0.1) is 16.9 Å². The fourth-order valence-electron chi connectivity index (χ4n) is 1.22. The molecular formula is C12H15FN2. The van der Waals surface area contributed by atoms with Crippen LogP contribution < -0.4 is 0 Å². The smallest absolute Gasteiger partial charge is 0.151 e. The summed E-state index contributed by atoms with van der Waals surface area (Å²) >= 11 is 0. The molecule has 15 heavy (non-hydrogen) atoms. The van der Waals surface area contributed by atoms with Crippen LogP contribution in [0.4, 0.5) is 4.39 Å². The van der Waals surface area contributed by atoms with Crippen molar-refractivity contribution < 1.29 is 4.39 Å². The van der Waals surface area contributed by atoms with E-state index in [9.17, 15) is 4.39 Å². The summed E-state index contributed by atoms with van der Waals surface area (Å²) in [5.74, 6) is -0.312. The van der Waals surface area contributed by atoms with Crippen LogP contribution in [-0.2, 0) is 0 Å². The maximum absolute atomic E-state index is 13.2. The Morgan fingerprint density at radius 1 is 1.00 bits per heavy atom. The van der Waals surface area contributed by atoms with Crippen LogP contribution in [0.2, 0.25) is 0 Å². The second kappa shape index (κ2) is 4.82. The van der Waals surface area contributed by atoms with Crippen molar-refractivity contribution in [2.24, 2.45) is 0 Å². The van der Waals surface area contributed by atoms with Crippen LogP contribution in [0.3, 0.4) is 0 Å². The summed E-state index contributed by atoms with van der Waals surface area (Å²) in [5, 5.41) is 0. The van der Waals surface area contributed by atoms with E-state index in [1.165, 1.54) is 6.07 Å². The van der Waals surface area contributed by atoms with E-state index in [0.717, 1.165) is 11.4 Å². The monoisotopic (exact) mass is 206 g/mol. The van der Waals surface area contributed by atoms with Gasteiger partial charge in [0.2, 0.25) is 0 Å². The molecule has 3 heteroatoms. The first-order valence-electron chi connectivity index (χ1n) is 5.08. The molecule has 0 aliphatic carbocycles. The van der Waals surface area contributed by atoms with Crippen molar-refractivity contribution in [2.45, 2.75) is 27.7 Å². The normalized spacial score (nSPS) is 9.67. The minimum atomic E-state index is -0.312. The highest BCUT2D eigenvalue weighted by Crippen LogP contribution is 2.14. The quantitative estimate of drug-likeness (QED) is 0.660. The maximum Gasteiger partial charge on any atom is 0.151 e. The van der Waals surface area contributed by atoms with Gasteiger partial charge in [0.15, 0.2) is 5.82 Å². The van der Waals surface area contributed by atoms with E-state index in [-0.39, 0.29) is 5.82 Å². The summed E-state index contributed by atoms with van der Waals surface area (Å²) < 4.78 is 13.2. The van der Waals surface area contributed by atoms with Crippen molar-refractivity contribution in [1.29, 1.82) is 0 Å². The first kappa shape index (κ1) is 11.6. The Morgan fingerprint density at radius 2 is 1.60 bits per heavy atom. The topological polar surface area (TPSA) is 25.8 Å². The molecule has 0 saturated carbocycles. The van der Waals surface area contributed by atoms with Crippen molar-refractivity contribution in [3.63, 3.8) is 0 Å². The summed E-state index contributed by atoms with van der Waals surface area (Å²) in [4.78, 5) is 8.37. The van der Waals surface area contributed by atoms with E-state index < -0.39 is 0 Å². The van der Waals surface area contributed by atoms with Crippen LogP contribution >= 0.6 is 0 Å². The highest BCUT2D eigenvalue weighted by atomic mass is 19.1. The van der Waals surface area contributed by atoms with Crippen LogP contribution in [-0.4, -0.2) is 9.97 Å². The number of aryl methyl sites for hydroxylation is 2. The summed E-state index contributed by atoms with van der Waals surface area (Å²) in [7, 11) is 0. The number of halogens is 1. The van der Waals surface area contributed by atoms with Crippen LogP contribution in [0, 0.1) is 19.7 Å². The Bertz CT molecular complexity index is 466. The molecule has 0 N–H and O–H groups in total. The Kier molecular flexibility index (Phi) is 3.72. The molecule has 2 aromatic rings. The van der Waals surface area contributed by atoms with E-state index in [4.69, 9.17) is 0 Å². The maximum atomic E-state index is 13.2. The molecule has 80 valence electrons. The molecule has 0 unspecified atom stereocenters. The van der Waals surface area contributed by atoms with E-state index in [1.807, 2.05) is 27.7 Å². The molecule has 0 amide bonds. The summed E-state index contributed by atoms with van der Waals surface area (Å²) in [6.45, 7) is 7.70. The summed E-state index contributed by atoms with van der Waals surface area (Å²) in [5.41, 5.74) is 2.59. The third-order valence-corrected chi connectivity index (χ3v) is 2.06. The number of aromatic nitrogens is 2. The molecule has 0 radical (unpaired) electrons. The first-order valence-corrected chi connectivity index (χ1v) is 5.08. The number of benzene rings is 1. The fraction of sp³-hybridized carbons (Fsp3) is 0.333. The van der Waals surface area contributed by atoms with Gasteiger partial charge in [-0.1, -0.05) is 19.9 Å². The second-order valence-electron chi connectivity index (χ2n) is 3.00. The lowest BCUT2D eigenvalue weighted by Gasteiger charge is -2.01. The van der Waals surface area contributed by atoms with Crippen LogP contribution in [0.1, 0.15) is 25.2 Å². The highest BCUT2D eigenvalue weighted by molar-refractivity contribution is 5.74. The molecule has 0 bridgehead atoms. The molecule has 0 aliphatic rings. The largest absolute Gasteiger partial charge is 0.249 e. The molecule has 1 aromatic heterocycles. The zero-order valence-electron chi connectivity index (χ0n) is 9.50. The lowest BCUT2D eigenvalue weighted by Crippen LogP contribution is -1.94. The minimum absolute atomic E-state index is 0.312. The van der Waals surface area contributed by atoms with Gasteiger partial charge >= 0.3 is 0 Å². The molecule has 0 fully saturated rings. The summed E-state index contributed by atoms with van der Waals surface area (Å²) in [6.07, 6.45) is 0. The van der Waals surface area contributed by atoms with Crippen molar-refractivity contribution in [3.05, 3.63) is 35.4 Å². The lowest BCUT2D eigenvalue weighted by atomic mass is 10.2. The molecule has 0 aliphatic heterocycles. The van der Waals surface area contributed by atoms with Crippen molar-refractivity contribution in [1.82, 2.24) is 9.97 Å². The Labute approximate surface area is 89.2 Å². The Morgan fingerprint density at radius 3 is 2.27 bits per heavy atom. The molecular weight excluding hydrogens is 191 g/mol. The molecule has 1 aromatic carbocycles. The minimum Gasteiger partial charge on any atom is -0.249 e. The average molecular weight is 206 g/mol. The first-order chi connectivity index (χ1) is 7.18. The Balaban J connectivity index is 0.000000531. The van der Waals surface area contributed by atoms with Crippen LogP contribution in [0.5, 0.6) is 0 Å². The van der Waals surface area contributed by atoms with Gasteiger partial charge in [0.1, 0.15) is 5.52 Å². The lowest BCUT2D eigenvalue weighted by molar-refractivity contribution is 0.636. The number of hydrogen-bond acceptors (Lipinski definition) is 2. The van der Waals surface area contributed by atoms with Gasteiger partial charge in [-0.25, -0.2) is 14.4 Å². The summed E-state index contributed by atoms with van der Waals surface area (Å²) in [6, 6.07) is 4.80. The van der Waals surface area contributed by atoms with Crippen LogP contribution in [0.25, 0.3) is 11.0 Å². The van der Waals surface area contributed by atoms with Crippen LogP contribution in [0.15, 0.2) is 18.2 Å². The van der Waals surface area contributed by atoms with Gasteiger partial charge in [-0.05, 0) is 26.0 Å². The van der Waals surface area contributed by atoms with Crippen molar-refractivity contribution >= 4 is 11.0 Å². The van der Waals surface area contributed by atoms with E-state index in [2.05, 4.69) is 9.97 Å². The van der Waals surface area contributed by atoms with Gasteiger partial charge in [-0.3, -0.25) is 0 Å². The number of hydrogen-bond donors (Lipinski definition) is 0. The number of nitrogens with zero attached hydrogens (tertiary/aromatic N) is 2. The standard InChI is InChI=1S/C10H9FN2.C2H6/c1-6-7(2)13-10-8(11)4-3-5-9(10)12-6;1-2/h3-5H,1-2H3;1-2H3. The molecule has 0 atom stereocenters. The van der Waals surface area contributed by atoms with Gasteiger partial charge in [-0.2, -0.15) is 0 Å². The third kappa shape index (κ3) is 2.29. The second-order valence-corrected chi connectivity index (χ2v) is 3.00. The van der Waals surface area contributed by atoms with E-state index >= 15 is 0 Å². The van der Waals surface area contributed by atoms with E-state index in [0.29, 0.717) is 11.0 Å². The zero-order chi connectivity index (χ0) is 11.4. The number of fused-ring (bicyclic) bond motifs is 1. The van der Waals surface area contributed by atoms with Gasteiger partial charge in [0.25, 0.3) is 0 Å². The zero-order valence-corrected chi connectivity index (χ0v) is 9.50.